The van der Waals surface area contributed by atoms with Crippen LogP contribution in [0.25, 0.3) is 0 Å². The van der Waals surface area contributed by atoms with E-state index in [1.54, 1.807) is 0 Å². The van der Waals surface area contributed by atoms with Crippen molar-refractivity contribution in [3.63, 3.8) is 0 Å². The highest BCUT2D eigenvalue weighted by Crippen LogP contribution is 2.16. The third-order valence-electron chi connectivity index (χ3n) is 11.5. The number of allylic oxidation sites excluding steroid dienone is 12. The summed E-state index contributed by atoms with van der Waals surface area (Å²) in [6.07, 6.45) is 60.5. The van der Waals surface area contributed by atoms with E-state index in [-0.39, 0.29) is 32.2 Å². The topological polar surface area (TPSA) is 108 Å². The number of rotatable bonds is 49. The van der Waals surface area contributed by atoms with Crippen LogP contribution in [0.3, 0.4) is 0 Å². The van der Waals surface area contributed by atoms with Crippen LogP contribution in [0.4, 0.5) is 0 Å². The van der Waals surface area contributed by atoms with E-state index in [1.807, 2.05) is 21.1 Å². The molecule has 2 unspecified atom stereocenters. The summed E-state index contributed by atoms with van der Waals surface area (Å²) in [6.45, 7) is 4.66. The average Bonchev–Trinajstić information content (AvgIpc) is 3.29. The summed E-state index contributed by atoms with van der Waals surface area (Å²) >= 11 is 0. The predicted octanol–water partition coefficient (Wildman–Crippen LogP) is 15.5. The summed E-state index contributed by atoms with van der Waals surface area (Å²) in [4.78, 5) is 36.9. The van der Waals surface area contributed by atoms with Crippen molar-refractivity contribution >= 4 is 17.9 Å². The van der Waals surface area contributed by atoms with Crippen molar-refractivity contribution in [1.29, 1.82) is 0 Å². The first-order valence-electron chi connectivity index (χ1n) is 27.1. The first-order chi connectivity index (χ1) is 32.6. The molecular formula is C58H102NO8+. The number of esters is 2. The monoisotopic (exact) mass is 941 g/mol. The van der Waals surface area contributed by atoms with Crippen LogP contribution in [-0.2, 0) is 33.3 Å². The Bertz CT molecular complexity index is 1330. The molecule has 0 fully saturated rings. The number of aliphatic carboxylic acids is 1. The van der Waals surface area contributed by atoms with Gasteiger partial charge in [0.1, 0.15) is 13.2 Å². The Kier molecular flexibility index (Phi) is 46.8. The number of carbonyl (C=O) groups is 3. The summed E-state index contributed by atoms with van der Waals surface area (Å²) in [7, 11) is 5.95. The van der Waals surface area contributed by atoms with Gasteiger partial charge in [0.05, 0.1) is 34.4 Å². The molecule has 9 nitrogen and oxygen atoms in total. The number of ether oxygens (including phenoxy) is 4. The second-order valence-corrected chi connectivity index (χ2v) is 19.2. The number of likely N-dealkylation sites (N-methyl/N-ethyl adjacent to an activating group) is 1. The maximum absolute atomic E-state index is 12.7. The van der Waals surface area contributed by atoms with Crippen molar-refractivity contribution < 1.29 is 42.9 Å². The van der Waals surface area contributed by atoms with Gasteiger partial charge in [-0.25, -0.2) is 4.79 Å². The highest BCUT2D eigenvalue weighted by Gasteiger charge is 2.25. The van der Waals surface area contributed by atoms with E-state index in [1.165, 1.54) is 103 Å². The van der Waals surface area contributed by atoms with Crippen LogP contribution in [0.15, 0.2) is 72.9 Å². The third kappa shape index (κ3) is 50.4. The minimum atomic E-state index is -1.51. The summed E-state index contributed by atoms with van der Waals surface area (Å²) in [5.41, 5.74) is 0. The molecule has 386 valence electrons. The Labute approximate surface area is 411 Å². The molecule has 67 heavy (non-hydrogen) atoms. The largest absolute Gasteiger partial charge is 0.477 e. The summed E-state index contributed by atoms with van der Waals surface area (Å²) < 4.78 is 22.6. The maximum atomic E-state index is 12.7. The fourth-order valence-electron chi connectivity index (χ4n) is 7.31. The molecular weight excluding hydrogens is 839 g/mol. The SMILES string of the molecule is CC/C=C\C/C=C\C/C=C\C/C=C\C/C=C\C/C=C\CCCCCCCCCCCCCCCCCCCCC(=O)OC(COC(=O)CCCCCCC)COC(OCC[N+](C)(C)C)C(=O)O. The van der Waals surface area contributed by atoms with E-state index in [0.717, 1.165) is 89.9 Å². The van der Waals surface area contributed by atoms with Crippen LogP contribution in [0.5, 0.6) is 0 Å². The summed E-state index contributed by atoms with van der Waals surface area (Å²) in [5.74, 6) is -2.02. The lowest BCUT2D eigenvalue weighted by Crippen LogP contribution is -2.40. The normalized spacial score (nSPS) is 13.4. The van der Waals surface area contributed by atoms with Gasteiger partial charge in [-0.2, -0.15) is 0 Å². The number of nitrogens with zero attached hydrogens (tertiary/aromatic N) is 1. The zero-order valence-corrected chi connectivity index (χ0v) is 43.8. The molecule has 0 radical (unpaired) electrons. The standard InChI is InChI=1S/C58H101NO8/c1-6-8-10-12-13-14-15-16-17-18-19-20-21-22-23-24-25-26-27-28-29-30-31-32-33-34-35-36-37-38-39-40-41-42-43-45-47-49-56(61)67-54(52-65-55(60)48-46-44-11-9-7-2)53-66-58(57(62)63)64-51-50-59(3,4)5/h8,10,13-14,16-17,19-20,22-23,25-26,54,58H,6-7,9,11-12,15,18,21,24,27-53H2,1-5H3/p+1/b10-8-,14-13-,17-16-,20-19-,23-22-,26-25-. The van der Waals surface area contributed by atoms with Crippen LogP contribution in [0.1, 0.15) is 219 Å². The van der Waals surface area contributed by atoms with Gasteiger partial charge in [-0.1, -0.05) is 215 Å². The minimum absolute atomic E-state index is 0.182. The molecule has 0 heterocycles. The van der Waals surface area contributed by atoms with Crippen LogP contribution < -0.4 is 0 Å². The number of carbonyl (C=O) groups excluding carboxylic acids is 2. The third-order valence-corrected chi connectivity index (χ3v) is 11.5. The maximum Gasteiger partial charge on any atom is 0.361 e. The lowest BCUT2D eigenvalue weighted by Gasteiger charge is -2.25. The number of hydrogen-bond acceptors (Lipinski definition) is 7. The van der Waals surface area contributed by atoms with E-state index < -0.39 is 24.3 Å². The molecule has 9 heteroatoms. The van der Waals surface area contributed by atoms with Crippen LogP contribution in [0, 0.1) is 0 Å². The average molecular weight is 941 g/mol. The van der Waals surface area contributed by atoms with Gasteiger partial charge in [-0.05, 0) is 64.2 Å². The molecule has 0 aliphatic carbocycles. The van der Waals surface area contributed by atoms with Crippen molar-refractivity contribution in [1.82, 2.24) is 0 Å². The van der Waals surface area contributed by atoms with E-state index in [2.05, 4.69) is 86.8 Å². The van der Waals surface area contributed by atoms with E-state index >= 15 is 0 Å². The van der Waals surface area contributed by atoms with Crippen molar-refractivity contribution in [3.05, 3.63) is 72.9 Å². The van der Waals surface area contributed by atoms with Crippen molar-refractivity contribution in [2.75, 3.05) is 47.5 Å². The number of quaternary nitrogens is 1. The van der Waals surface area contributed by atoms with Gasteiger partial charge < -0.3 is 28.5 Å². The second-order valence-electron chi connectivity index (χ2n) is 19.2. The Morgan fingerprint density at radius 1 is 0.463 bits per heavy atom. The van der Waals surface area contributed by atoms with Gasteiger partial charge in [0.15, 0.2) is 6.10 Å². The van der Waals surface area contributed by atoms with Crippen LogP contribution >= 0.6 is 0 Å². The van der Waals surface area contributed by atoms with Gasteiger partial charge >= 0.3 is 17.9 Å². The molecule has 0 aliphatic rings. The Hall–Kier alpha value is -3.27. The van der Waals surface area contributed by atoms with Crippen LogP contribution in [0.2, 0.25) is 0 Å². The minimum Gasteiger partial charge on any atom is -0.477 e. The highest BCUT2D eigenvalue weighted by atomic mass is 16.7. The number of unbranched alkanes of at least 4 members (excludes halogenated alkanes) is 22. The smallest absolute Gasteiger partial charge is 0.361 e. The fourth-order valence-corrected chi connectivity index (χ4v) is 7.31. The van der Waals surface area contributed by atoms with Gasteiger partial charge in [0.2, 0.25) is 0 Å². The molecule has 0 aliphatic heterocycles. The van der Waals surface area contributed by atoms with Gasteiger partial charge in [-0.3, -0.25) is 9.59 Å². The molecule has 0 amide bonds. The van der Waals surface area contributed by atoms with Crippen molar-refractivity contribution in [2.45, 2.75) is 232 Å². The summed E-state index contributed by atoms with van der Waals surface area (Å²) in [5, 5.41) is 9.61. The highest BCUT2D eigenvalue weighted by molar-refractivity contribution is 5.71. The molecule has 0 rings (SSSR count). The van der Waals surface area contributed by atoms with E-state index in [4.69, 9.17) is 18.9 Å². The molecule has 0 aromatic heterocycles. The van der Waals surface area contributed by atoms with Gasteiger partial charge in [0, 0.05) is 12.8 Å². The number of hydrogen-bond donors (Lipinski definition) is 1. The van der Waals surface area contributed by atoms with Crippen molar-refractivity contribution in [3.8, 4) is 0 Å². The molecule has 0 spiro atoms. The van der Waals surface area contributed by atoms with Gasteiger partial charge in [0.25, 0.3) is 6.29 Å². The Morgan fingerprint density at radius 2 is 0.851 bits per heavy atom. The summed E-state index contributed by atoms with van der Waals surface area (Å²) in [6, 6.07) is 0. The Balaban J connectivity index is 3.88. The second kappa shape index (κ2) is 49.2. The first-order valence-corrected chi connectivity index (χ1v) is 27.1. The van der Waals surface area contributed by atoms with E-state index in [0.29, 0.717) is 17.4 Å². The molecule has 0 bridgehead atoms. The predicted molar refractivity (Wildman–Crippen MR) is 281 cm³/mol. The quantitative estimate of drug-likeness (QED) is 0.0211. The van der Waals surface area contributed by atoms with Crippen LogP contribution in [-0.4, -0.2) is 87.4 Å². The lowest BCUT2D eigenvalue weighted by atomic mass is 10.0. The Morgan fingerprint density at radius 3 is 1.27 bits per heavy atom. The zero-order valence-electron chi connectivity index (χ0n) is 43.8. The molecule has 0 saturated carbocycles. The first kappa shape index (κ1) is 63.7. The fraction of sp³-hybridized carbons (Fsp3) is 0.741. The lowest BCUT2D eigenvalue weighted by molar-refractivity contribution is -0.870. The van der Waals surface area contributed by atoms with Crippen molar-refractivity contribution in [2.24, 2.45) is 0 Å². The van der Waals surface area contributed by atoms with E-state index in [9.17, 15) is 19.5 Å². The zero-order chi connectivity index (χ0) is 49.2. The molecule has 0 aromatic carbocycles. The number of carboxylic acids is 1. The molecule has 0 aromatic rings. The molecule has 2 atom stereocenters. The molecule has 1 N–H and O–H groups in total. The molecule has 0 saturated heterocycles. The number of carboxylic acid groups (broad SMARTS) is 1. The van der Waals surface area contributed by atoms with Gasteiger partial charge in [-0.15, -0.1) is 0 Å².